The molecular weight excluding hydrogens is 216 g/mol. The van der Waals surface area contributed by atoms with Gasteiger partial charge in [-0.15, -0.1) is 0 Å². The van der Waals surface area contributed by atoms with Crippen molar-refractivity contribution in [3.8, 4) is 0 Å². The number of rotatable bonds is 4. The number of alkyl carbamates (subject to hydrolysis) is 1. The van der Waals surface area contributed by atoms with Crippen LogP contribution in [0.15, 0.2) is 24.8 Å². The Morgan fingerprint density at radius 2 is 2.59 bits per heavy atom. The molecule has 0 aromatic heterocycles. The van der Waals surface area contributed by atoms with Gasteiger partial charge in [-0.1, -0.05) is 24.8 Å². The van der Waals surface area contributed by atoms with E-state index in [0.717, 1.165) is 25.9 Å². The fourth-order valence-electron chi connectivity index (χ4n) is 2.72. The third-order valence-electron chi connectivity index (χ3n) is 3.72. The second-order valence-electron chi connectivity index (χ2n) is 4.81. The van der Waals surface area contributed by atoms with Crippen LogP contribution in [0.25, 0.3) is 0 Å². The Balaban J connectivity index is 1.86. The van der Waals surface area contributed by atoms with Crippen LogP contribution in [-0.4, -0.2) is 32.3 Å². The normalized spacial score (nSPS) is 30.7. The lowest BCUT2D eigenvalue weighted by Crippen LogP contribution is -2.43. The van der Waals surface area contributed by atoms with Gasteiger partial charge in [0.1, 0.15) is 6.61 Å². The molecule has 0 radical (unpaired) electrons. The van der Waals surface area contributed by atoms with E-state index in [1.54, 1.807) is 6.08 Å². The summed E-state index contributed by atoms with van der Waals surface area (Å²) in [6.45, 7) is 6.45. The van der Waals surface area contributed by atoms with Gasteiger partial charge in [-0.2, -0.15) is 0 Å². The van der Waals surface area contributed by atoms with Gasteiger partial charge in [0, 0.05) is 25.0 Å². The second kappa shape index (κ2) is 5.36. The smallest absolute Gasteiger partial charge is 0.407 e. The highest BCUT2D eigenvalue weighted by Gasteiger charge is 2.42. The van der Waals surface area contributed by atoms with E-state index in [9.17, 15) is 4.79 Å². The van der Waals surface area contributed by atoms with Gasteiger partial charge in [0.25, 0.3) is 0 Å². The molecule has 4 nitrogen and oxygen atoms in total. The van der Waals surface area contributed by atoms with Crippen LogP contribution in [-0.2, 0) is 4.74 Å². The van der Waals surface area contributed by atoms with Crippen LogP contribution in [0.2, 0.25) is 0 Å². The average molecular weight is 236 g/mol. The summed E-state index contributed by atoms with van der Waals surface area (Å²) in [5.41, 5.74) is 0.182. The summed E-state index contributed by atoms with van der Waals surface area (Å²) >= 11 is 0. The van der Waals surface area contributed by atoms with E-state index >= 15 is 0 Å². The predicted molar refractivity (Wildman–Crippen MR) is 66.7 cm³/mol. The van der Waals surface area contributed by atoms with E-state index in [0.29, 0.717) is 12.5 Å². The SMILES string of the molecule is C=CCOC(=O)NCC12CCC=CC1CNC2. The molecule has 4 heteroatoms. The Kier molecular flexibility index (Phi) is 3.84. The van der Waals surface area contributed by atoms with Crippen molar-refractivity contribution in [3.05, 3.63) is 24.8 Å². The Bertz CT molecular complexity index is 327. The molecule has 0 aromatic carbocycles. The Hall–Kier alpha value is -1.29. The number of fused-ring (bicyclic) bond motifs is 1. The van der Waals surface area contributed by atoms with E-state index in [1.165, 1.54) is 0 Å². The molecule has 2 atom stereocenters. The van der Waals surface area contributed by atoms with Gasteiger partial charge in [0.05, 0.1) is 0 Å². The Morgan fingerprint density at radius 1 is 1.71 bits per heavy atom. The zero-order valence-corrected chi connectivity index (χ0v) is 10.1. The molecular formula is C13H20N2O2. The van der Waals surface area contributed by atoms with Crippen molar-refractivity contribution >= 4 is 6.09 Å². The summed E-state index contributed by atoms with van der Waals surface area (Å²) in [4.78, 5) is 11.4. The van der Waals surface area contributed by atoms with Gasteiger partial charge < -0.3 is 15.4 Å². The van der Waals surface area contributed by atoms with E-state index in [-0.39, 0.29) is 18.1 Å². The van der Waals surface area contributed by atoms with Gasteiger partial charge in [0.15, 0.2) is 0 Å². The van der Waals surface area contributed by atoms with Crippen LogP contribution in [0.1, 0.15) is 12.8 Å². The lowest BCUT2D eigenvalue weighted by molar-refractivity contribution is 0.145. The first kappa shape index (κ1) is 12.2. The van der Waals surface area contributed by atoms with Gasteiger partial charge in [0.2, 0.25) is 0 Å². The van der Waals surface area contributed by atoms with Crippen LogP contribution in [0.4, 0.5) is 4.79 Å². The number of hydrogen-bond donors (Lipinski definition) is 2. The third-order valence-corrected chi connectivity index (χ3v) is 3.72. The molecule has 1 aliphatic carbocycles. The van der Waals surface area contributed by atoms with Crippen molar-refractivity contribution in [1.82, 2.24) is 10.6 Å². The Morgan fingerprint density at radius 3 is 3.41 bits per heavy atom. The van der Waals surface area contributed by atoms with Crippen molar-refractivity contribution in [3.63, 3.8) is 0 Å². The summed E-state index contributed by atoms with van der Waals surface area (Å²) in [6.07, 6.45) is 7.97. The zero-order chi connectivity index (χ0) is 12.1. The summed E-state index contributed by atoms with van der Waals surface area (Å²) in [7, 11) is 0. The fraction of sp³-hybridized carbons (Fsp3) is 0.615. The molecule has 94 valence electrons. The monoisotopic (exact) mass is 236 g/mol. The lowest BCUT2D eigenvalue weighted by atomic mass is 9.71. The minimum Gasteiger partial charge on any atom is -0.445 e. The number of allylic oxidation sites excluding steroid dienone is 1. The summed E-state index contributed by atoms with van der Waals surface area (Å²) in [5.74, 6) is 0.538. The first-order valence-corrected chi connectivity index (χ1v) is 6.16. The first-order chi connectivity index (χ1) is 8.27. The van der Waals surface area contributed by atoms with Crippen LogP contribution in [0.5, 0.6) is 0 Å². The van der Waals surface area contributed by atoms with Crippen molar-refractivity contribution in [2.24, 2.45) is 11.3 Å². The largest absolute Gasteiger partial charge is 0.445 e. The van der Waals surface area contributed by atoms with Gasteiger partial charge >= 0.3 is 6.09 Å². The maximum absolute atomic E-state index is 11.4. The van der Waals surface area contributed by atoms with Crippen LogP contribution >= 0.6 is 0 Å². The summed E-state index contributed by atoms with van der Waals surface area (Å²) in [5, 5.41) is 6.28. The van der Waals surface area contributed by atoms with Crippen molar-refractivity contribution in [2.75, 3.05) is 26.2 Å². The number of amides is 1. The highest BCUT2D eigenvalue weighted by atomic mass is 16.5. The molecule has 2 N–H and O–H groups in total. The molecule has 1 aliphatic heterocycles. The number of hydrogen-bond acceptors (Lipinski definition) is 3. The maximum atomic E-state index is 11.4. The maximum Gasteiger partial charge on any atom is 0.407 e. The van der Waals surface area contributed by atoms with Crippen molar-refractivity contribution in [1.29, 1.82) is 0 Å². The minimum atomic E-state index is -0.348. The molecule has 0 aromatic rings. The predicted octanol–water partition coefficient (Wildman–Crippen LogP) is 1.45. The molecule has 1 heterocycles. The number of nitrogens with one attached hydrogen (secondary N) is 2. The first-order valence-electron chi connectivity index (χ1n) is 6.16. The number of ether oxygens (including phenoxy) is 1. The van der Waals surface area contributed by atoms with Crippen LogP contribution < -0.4 is 10.6 Å². The third kappa shape index (κ3) is 2.69. The average Bonchev–Trinajstić information content (AvgIpc) is 2.78. The molecule has 1 amide bonds. The molecule has 1 fully saturated rings. The zero-order valence-electron chi connectivity index (χ0n) is 10.1. The lowest BCUT2D eigenvalue weighted by Gasteiger charge is -2.35. The van der Waals surface area contributed by atoms with Gasteiger partial charge in [-0.05, 0) is 18.8 Å². The Labute approximate surface area is 102 Å². The fourth-order valence-corrected chi connectivity index (χ4v) is 2.72. The molecule has 17 heavy (non-hydrogen) atoms. The quantitative estimate of drug-likeness (QED) is 0.726. The summed E-state index contributed by atoms with van der Waals surface area (Å²) < 4.78 is 4.92. The number of carbonyl (C=O) groups is 1. The van der Waals surface area contributed by atoms with E-state index in [2.05, 4.69) is 29.4 Å². The minimum absolute atomic E-state index is 0.182. The van der Waals surface area contributed by atoms with Crippen molar-refractivity contribution < 1.29 is 9.53 Å². The van der Waals surface area contributed by atoms with E-state index in [1.807, 2.05) is 0 Å². The van der Waals surface area contributed by atoms with E-state index < -0.39 is 0 Å². The topological polar surface area (TPSA) is 50.4 Å². The molecule has 2 aliphatic rings. The summed E-state index contributed by atoms with van der Waals surface area (Å²) in [6, 6.07) is 0. The molecule has 0 saturated carbocycles. The highest BCUT2D eigenvalue weighted by Crippen LogP contribution is 2.39. The van der Waals surface area contributed by atoms with E-state index in [4.69, 9.17) is 4.74 Å². The molecule has 0 bridgehead atoms. The van der Waals surface area contributed by atoms with Crippen LogP contribution in [0.3, 0.4) is 0 Å². The second-order valence-corrected chi connectivity index (χ2v) is 4.81. The molecule has 2 rings (SSSR count). The highest BCUT2D eigenvalue weighted by molar-refractivity contribution is 5.67. The molecule has 1 saturated heterocycles. The standard InChI is InChI=1S/C13H20N2O2/c1-2-7-17-12(16)15-10-13-6-4-3-5-11(13)8-14-9-13/h2-3,5,11,14H,1,4,6-10H2,(H,15,16). The van der Waals surface area contributed by atoms with Crippen molar-refractivity contribution in [2.45, 2.75) is 12.8 Å². The van der Waals surface area contributed by atoms with Gasteiger partial charge in [-0.3, -0.25) is 0 Å². The van der Waals surface area contributed by atoms with Crippen LogP contribution in [0, 0.1) is 11.3 Å². The molecule has 0 spiro atoms. The van der Waals surface area contributed by atoms with Gasteiger partial charge in [-0.25, -0.2) is 4.79 Å². The molecule has 2 unspecified atom stereocenters. The number of carbonyl (C=O) groups excluding carboxylic acids is 1.